The quantitative estimate of drug-likeness (QED) is 0.185. The summed E-state index contributed by atoms with van der Waals surface area (Å²) in [6, 6.07) is 0. The molecule has 100 valence electrons. The highest BCUT2D eigenvalue weighted by atomic mass is 16.4. The van der Waals surface area contributed by atoms with Crippen molar-refractivity contribution in [3.05, 3.63) is 0 Å². The number of rotatable bonds is 2. The van der Waals surface area contributed by atoms with Crippen LogP contribution in [0.15, 0.2) is 5.16 Å². The van der Waals surface area contributed by atoms with Gasteiger partial charge in [0.1, 0.15) is 12.1 Å². The molecule has 3 amide bonds. The second-order valence-corrected chi connectivity index (χ2v) is 4.61. The molecule has 1 unspecified atom stereocenters. The highest BCUT2D eigenvalue weighted by Crippen LogP contribution is 2.20. The van der Waals surface area contributed by atoms with E-state index in [2.05, 4.69) is 10.5 Å². The summed E-state index contributed by atoms with van der Waals surface area (Å²) in [6.07, 6.45) is 0. The van der Waals surface area contributed by atoms with Crippen molar-refractivity contribution < 1.29 is 19.6 Å². The van der Waals surface area contributed by atoms with Gasteiger partial charge in [-0.3, -0.25) is 19.7 Å². The minimum Gasteiger partial charge on any atom is -0.409 e. The molecule has 1 saturated heterocycles. The third-order valence-corrected chi connectivity index (χ3v) is 2.98. The smallest absolute Gasteiger partial charge is 0.252 e. The lowest BCUT2D eigenvalue weighted by atomic mass is 9.96. The third kappa shape index (κ3) is 2.27. The molecule has 8 heteroatoms. The number of amides is 3. The van der Waals surface area contributed by atoms with Gasteiger partial charge in [-0.1, -0.05) is 5.16 Å². The highest BCUT2D eigenvalue weighted by molar-refractivity contribution is 6.09. The Labute approximate surface area is 104 Å². The Kier molecular flexibility index (Phi) is 3.59. The Hall–Kier alpha value is -2.12. The fourth-order valence-electron chi connectivity index (χ4n) is 1.58. The van der Waals surface area contributed by atoms with Crippen LogP contribution in [-0.2, 0) is 14.4 Å². The van der Waals surface area contributed by atoms with Crippen LogP contribution in [0.3, 0.4) is 0 Å². The zero-order valence-corrected chi connectivity index (χ0v) is 10.4. The van der Waals surface area contributed by atoms with Crippen LogP contribution < -0.4 is 11.1 Å². The largest absolute Gasteiger partial charge is 0.409 e. The Morgan fingerprint density at radius 1 is 1.56 bits per heavy atom. The number of carbonyl (C=O) groups excluding carboxylic acids is 3. The number of nitrogens with two attached hydrogens (primary N) is 1. The molecule has 0 radical (unpaired) electrons. The van der Waals surface area contributed by atoms with Gasteiger partial charge in [0.05, 0.1) is 5.92 Å². The van der Waals surface area contributed by atoms with E-state index in [9.17, 15) is 14.4 Å². The molecule has 0 aliphatic carbocycles. The molecule has 1 aliphatic heterocycles. The monoisotopic (exact) mass is 256 g/mol. The summed E-state index contributed by atoms with van der Waals surface area (Å²) < 4.78 is 0. The number of amidine groups is 1. The normalized spacial score (nSPS) is 21.5. The maximum absolute atomic E-state index is 12.1. The van der Waals surface area contributed by atoms with Crippen molar-refractivity contribution in [2.24, 2.45) is 16.8 Å². The van der Waals surface area contributed by atoms with Crippen LogP contribution in [-0.4, -0.2) is 45.7 Å². The average molecular weight is 256 g/mol. The average Bonchev–Trinajstić information content (AvgIpc) is 2.31. The van der Waals surface area contributed by atoms with E-state index in [4.69, 9.17) is 10.9 Å². The Bertz CT molecular complexity index is 430. The molecular weight excluding hydrogens is 240 g/mol. The molecule has 1 atom stereocenters. The summed E-state index contributed by atoms with van der Waals surface area (Å²) in [5.41, 5.74) is 4.19. The van der Waals surface area contributed by atoms with Crippen molar-refractivity contribution in [3.63, 3.8) is 0 Å². The second kappa shape index (κ2) is 4.63. The van der Waals surface area contributed by atoms with Crippen molar-refractivity contribution in [3.8, 4) is 0 Å². The maximum Gasteiger partial charge on any atom is 0.252 e. The minimum absolute atomic E-state index is 0.235. The third-order valence-electron chi connectivity index (χ3n) is 2.98. The lowest BCUT2D eigenvalue weighted by Gasteiger charge is -2.41. The molecule has 18 heavy (non-hydrogen) atoms. The van der Waals surface area contributed by atoms with Gasteiger partial charge in [0.2, 0.25) is 11.8 Å². The van der Waals surface area contributed by atoms with E-state index in [1.165, 1.54) is 20.8 Å². The molecule has 4 N–H and O–H groups in total. The van der Waals surface area contributed by atoms with Crippen molar-refractivity contribution in [2.45, 2.75) is 26.3 Å². The minimum atomic E-state index is -1.16. The molecule has 8 nitrogen and oxygen atoms in total. The summed E-state index contributed by atoms with van der Waals surface area (Å²) in [5.74, 6) is -2.83. The Morgan fingerprint density at radius 3 is 2.61 bits per heavy atom. The number of hydrogen-bond donors (Lipinski definition) is 3. The topological polar surface area (TPSA) is 125 Å². The number of carbonyl (C=O) groups is 3. The van der Waals surface area contributed by atoms with Crippen LogP contribution in [0.4, 0.5) is 0 Å². The molecule has 0 spiro atoms. The summed E-state index contributed by atoms with van der Waals surface area (Å²) in [6.45, 7) is 4.24. The molecule has 1 heterocycles. The Balaban J connectivity index is 3.03. The number of hydrogen-bond acceptors (Lipinski definition) is 5. The SMILES string of the molecule is CC(C(=O)N1CC(=O)NC(=O)C1(C)C)C(N)=NO. The predicted molar refractivity (Wildman–Crippen MR) is 61.5 cm³/mol. The van der Waals surface area contributed by atoms with Gasteiger partial charge in [-0.05, 0) is 20.8 Å². The first-order chi connectivity index (χ1) is 8.21. The van der Waals surface area contributed by atoms with Gasteiger partial charge < -0.3 is 15.8 Å². The lowest BCUT2D eigenvalue weighted by Crippen LogP contribution is -2.66. The van der Waals surface area contributed by atoms with Crippen LogP contribution >= 0.6 is 0 Å². The molecular formula is C10H16N4O4. The molecule has 1 fully saturated rings. The molecule has 0 aromatic carbocycles. The van der Waals surface area contributed by atoms with E-state index >= 15 is 0 Å². The van der Waals surface area contributed by atoms with E-state index in [-0.39, 0.29) is 12.4 Å². The highest BCUT2D eigenvalue weighted by Gasteiger charge is 2.45. The number of nitrogens with one attached hydrogen (secondary N) is 1. The fraction of sp³-hybridized carbons (Fsp3) is 0.600. The van der Waals surface area contributed by atoms with Gasteiger partial charge in [-0.2, -0.15) is 0 Å². The van der Waals surface area contributed by atoms with Gasteiger partial charge in [-0.25, -0.2) is 0 Å². The van der Waals surface area contributed by atoms with Gasteiger partial charge in [0, 0.05) is 0 Å². The first kappa shape index (κ1) is 13.9. The van der Waals surface area contributed by atoms with Gasteiger partial charge >= 0.3 is 0 Å². The standard InChI is InChI=1S/C10H16N4O4/c1-5(7(11)13-18)8(16)14-4-6(15)12-9(17)10(14,2)3/h5,18H,4H2,1-3H3,(H2,11,13)(H,12,15,17). The lowest BCUT2D eigenvalue weighted by molar-refractivity contribution is -0.156. The zero-order valence-electron chi connectivity index (χ0n) is 10.4. The summed E-state index contributed by atoms with van der Waals surface area (Å²) in [4.78, 5) is 36.2. The van der Waals surface area contributed by atoms with E-state index in [0.717, 1.165) is 4.90 Å². The van der Waals surface area contributed by atoms with E-state index in [1.807, 2.05) is 0 Å². The van der Waals surface area contributed by atoms with E-state index in [0.29, 0.717) is 0 Å². The number of nitrogens with zero attached hydrogens (tertiary/aromatic N) is 2. The summed E-state index contributed by atoms with van der Waals surface area (Å²) >= 11 is 0. The zero-order chi connectivity index (χ0) is 14.1. The van der Waals surface area contributed by atoms with Crippen LogP contribution in [0.25, 0.3) is 0 Å². The van der Waals surface area contributed by atoms with Crippen LogP contribution in [0, 0.1) is 5.92 Å². The van der Waals surface area contributed by atoms with Gasteiger partial charge in [0.25, 0.3) is 5.91 Å². The molecule has 0 saturated carbocycles. The summed E-state index contributed by atoms with van der Waals surface area (Å²) in [7, 11) is 0. The van der Waals surface area contributed by atoms with Crippen molar-refractivity contribution in [2.75, 3.05) is 6.54 Å². The fourth-order valence-corrected chi connectivity index (χ4v) is 1.58. The van der Waals surface area contributed by atoms with E-state index < -0.39 is 29.2 Å². The number of oxime groups is 1. The second-order valence-electron chi connectivity index (χ2n) is 4.61. The van der Waals surface area contributed by atoms with Crippen molar-refractivity contribution in [1.82, 2.24) is 10.2 Å². The first-order valence-corrected chi connectivity index (χ1v) is 5.35. The van der Waals surface area contributed by atoms with Crippen LogP contribution in [0.1, 0.15) is 20.8 Å². The summed E-state index contributed by atoms with van der Waals surface area (Å²) in [5, 5.41) is 13.4. The number of imide groups is 1. The molecule has 0 aromatic heterocycles. The van der Waals surface area contributed by atoms with Crippen LogP contribution in [0.2, 0.25) is 0 Å². The molecule has 1 aliphatic rings. The maximum atomic E-state index is 12.1. The van der Waals surface area contributed by atoms with Crippen molar-refractivity contribution in [1.29, 1.82) is 0 Å². The molecule has 0 aromatic rings. The molecule has 0 bridgehead atoms. The Morgan fingerprint density at radius 2 is 2.11 bits per heavy atom. The molecule has 1 rings (SSSR count). The number of piperazine rings is 1. The van der Waals surface area contributed by atoms with Gasteiger partial charge in [0.15, 0.2) is 5.84 Å². The van der Waals surface area contributed by atoms with Gasteiger partial charge in [-0.15, -0.1) is 0 Å². The first-order valence-electron chi connectivity index (χ1n) is 5.35. The predicted octanol–water partition coefficient (Wildman–Crippen LogP) is -1.37. The van der Waals surface area contributed by atoms with Crippen LogP contribution in [0.5, 0.6) is 0 Å². The van der Waals surface area contributed by atoms with Crippen molar-refractivity contribution >= 4 is 23.6 Å². The van der Waals surface area contributed by atoms with E-state index in [1.54, 1.807) is 0 Å².